The van der Waals surface area contributed by atoms with Gasteiger partial charge in [0.05, 0.1) is 13.0 Å². The van der Waals surface area contributed by atoms with Gasteiger partial charge in [-0.3, -0.25) is 4.79 Å². The fraction of sp³-hybridized carbons (Fsp3) is 0.909. The van der Waals surface area contributed by atoms with Gasteiger partial charge >= 0.3 is 5.97 Å². The molecule has 4 atom stereocenters. The Morgan fingerprint density at radius 1 is 1.54 bits per heavy atom. The molecule has 2 heteroatoms. The van der Waals surface area contributed by atoms with Crippen molar-refractivity contribution in [3.63, 3.8) is 0 Å². The zero-order valence-electron chi connectivity index (χ0n) is 8.67. The molecular formula is C11H18O2. The SMILES string of the molecule is COC(=O)C1C(C)C2CCC1(C)C2. The first-order chi connectivity index (χ1) is 6.08. The van der Waals surface area contributed by atoms with Crippen LogP contribution in [0.5, 0.6) is 0 Å². The molecule has 0 aromatic carbocycles. The van der Waals surface area contributed by atoms with Crippen molar-refractivity contribution in [3.05, 3.63) is 0 Å². The van der Waals surface area contributed by atoms with Gasteiger partial charge in [-0.1, -0.05) is 13.8 Å². The van der Waals surface area contributed by atoms with Gasteiger partial charge in [-0.25, -0.2) is 0 Å². The van der Waals surface area contributed by atoms with E-state index in [1.807, 2.05) is 0 Å². The van der Waals surface area contributed by atoms with E-state index in [1.165, 1.54) is 26.4 Å². The van der Waals surface area contributed by atoms with Crippen molar-refractivity contribution in [1.82, 2.24) is 0 Å². The summed E-state index contributed by atoms with van der Waals surface area (Å²) < 4.78 is 4.88. The van der Waals surface area contributed by atoms with Crippen LogP contribution in [0.2, 0.25) is 0 Å². The minimum atomic E-state index is 0.0113. The van der Waals surface area contributed by atoms with Crippen LogP contribution >= 0.6 is 0 Å². The molecule has 2 fully saturated rings. The van der Waals surface area contributed by atoms with Crippen molar-refractivity contribution < 1.29 is 9.53 Å². The van der Waals surface area contributed by atoms with E-state index in [-0.39, 0.29) is 17.3 Å². The third-order valence-electron chi connectivity index (χ3n) is 4.29. The summed E-state index contributed by atoms with van der Waals surface area (Å²) in [6.45, 7) is 4.45. The van der Waals surface area contributed by atoms with Crippen molar-refractivity contribution in [2.24, 2.45) is 23.2 Å². The normalized spacial score (nSPS) is 48.1. The molecule has 0 radical (unpaired) electrons. The van der Waals surface area contributed by atoms with Gasteiger partial charge in [-0.2, -0.15) is 0 Å². The molecule has 0 spiro atoms. The molecule has 74 valence electrons. The van der Waals surface area contributed by atoms with Crippen molar-refractivity contribution >= 4 is 5.97 Å². The first-order valence-electron chi connectivity index (χ1n) is 5.16. The van der Waals surface area contributed by atoms with Crippen LogP contribution in [0.3, 0.4) is 0 Å². The van der Waals surface area contributed by atoms with Gasteiger partial charge < -0.3 is 4.74 Å². The summed E-state index contributed by atoms with van der Waals surface area (Å²) in [4.78, 5) is 11.6. The molecule has 0 saturated heterocycles. The fourth-order valence-corrected chi connectivity index (χ4v) is 3.58. The molecule has 0 aliphatic heterocycles. The lowest BCUT2D eigenvalue weighted by Crippen LogP contribution is -2.34. The van der Waals surface area contributed by atoms with Gasteiger partial charge in [0.2, 0.25) is 0 Å². The lowest BCUT2D eigenvalue weighted by atomic mass is 9.72. The molecule has 0 heterocycles. The summed E-state index contributed by atoms with van der Waals surface area (Å²) in [5.41, 5.74) is 0.247. The maximum Gasteiger partial charge on any atom is 0.309 e. The van der Waals surface area contributed by atoms with Crippen LogP contribution in [0.1, 0.15) is 33.1 Å². The second-order valence-electron chi connectivity index (χ2n) is 5.02. The van der Waals surface area contributed by atoms with Gasteiger partial charge in [-0.05, 0) is 36.5 Å². The number of esters is 1. The first kappa shape index (κ1) is 9.04. The summed E-state index contributed by atoms with van der Waals surface area (Å²) in [6, 6.07) is 0. The lowest BCUT2D eigenvalue weighted by molar-refractivity contribution is -0.151. The minimum Gasteiger partial charge on any atom is -0.469 e. The molecule has 2 aliphatic rings. The average molecular weight is 182 g/mol. The molecular weight excluding hydrogens is 164 g/mol. The standard InChI is InChI=1S/C11H18O2/c1-7-8-4-5-11(2,6-8)9(7)10(12)13-3/h7-9H,4-6H2,1-3H3. The number of hydrogen-bond acceptors (Lipinski definition) is 2. The average Bonchev–Trinajstić information content (AvgIpc) is 2.57. The quantitative estimate of drug-likeness (QED) is 0.581. The van der Waals surface area contributed by atoms with Crippen LogP contribution in [0, 0.1) is 23.2 Å². The van der Waals surface area contributed by atoms with Crippen LogP contribution in [-0.2, 0) is 9.53 Å². The third-order valence-corrected chi connectivity index (χ3v) is 4.29. The van der Waals surface area contributed by atoms with Gasteiger partial charge in [0.25, 0.3) is 0 Å². The Hall–Kier alpha value is -0.530. The monoisotopic (exact) mass is 182 g/mol. The predicted molar refractivity (Wildman–Crippen MR) is 50.1 cm³/mol. The molecule has 4 unspecified atom stereocenters. The van der Waals surface area contributed by atoms with Crippen LogP contribution in [0.25, 0.3) is 0 Å². The van der Waals surface area contributed by atoms with E-state index in [9.17, 15) is 4.79 Å². The van der Waals surface area contributed by atoms with Gasteiger partial charge in [0, 0.05) is 0 Å². The zero-order chi connectivity index (χ0) is 9.64. The second kappa shape index (κ2) is 2.73. The smallest absolute Gasteiger partial charge is 0.309 e. The van der Waals surface area contributed by atoms with E-state index in [4.69, 9.17) is 4.74 Å². The molecule has 2 aliphatic carbocycles. The highest BCUT2D eigenvalue weighted by molar-refractivity contribution is 5.74. The van der Waals surface area contributed by atoms with E-state index in [0.717, 1.165) is 5.92 Å². The van der Waals surface area contributed by atoms with E-state index < -0.39 is 0 Å². The number of carbonyl (C=O) groups is 1. The third kappa shape index (κ3) is 1.11. The fourth-order valence-electron chi connectivity index (χ4n) is 3.58. The molecule has 0 aromatic rings. The largest absolute Gasteiger partial charge is 0.469 e. The van der Waals surface area contributed by atoms with Crippen molar-refractivity contribution in [2.75, 3.05) is 7.11 Å². The minimum absolute atomic E-state index is 0.0113. The van der Waals surface area contributed by atoms with E-state index in [0.29, 0.717) is 5.92 Å². The summed E-state index contributed by atoms with van der Waals surface area (Å²) in [7, 11) is 1.50. The number of rotatable bonds is 1. The maximum absolute atomic E-state index is 11.6. The maximum atomic E-state index is 11.6. The lowest BCUT2D eigenvalue weighted by Gasteiger charge is -2.32. The molecule has 2 rings (SSSR count). The molecule has 0 amide bonds. The van der Waals surface area contributed by atoms with E-state index in [1.54, 1.807) is 0 Å². The highest BCUT2D eigenvalue weighted by Gasteiger charge is 2.56. The summed E-state index contributed by atoms with van der Waals surface area (Å²) in [5.74, 6) is 1.48. The summed E-state index contributed by atoms with van der Waals surface area (Å²) in [5, 5.41) is 0. The van der Waals surface area contributed by atoms with Crippen LogP contribution in [-0.4, -0.2) is 13.1 Å². The van der Waals surface area contributed by atoms with Crippen molar-refractivity contribution in [2.45, 2.75) is 33.1 Å². The molecule has 0 N–H and O–H groups in total. The highest BCUT2D eigenvalue weighted by atomic mass is 16.5. The first-order valence-corrected chi connectivity index (χ1v) is 5.16. The molecule has 2 bridgehead atoms. The number of hydrogen-bond donors (Lipinski definition) is 0. The van der Waals surface area contributed by atoms with Gasteiger partial charge in [0.1, 0.15) is 0 Å². The zero-order valence-corrected chi connectivity index (χ0v) is 8.67. The van der Waals surface area contributed by atoms with E-state index in [2.05, 4.69) is 13.8 Å². The van der Waals surface area contributed by atoms with Crippen LogP contribution < -0.4 is 0 Å². The topological polar surface area (TPSA) is 26.3 Å². The molecule has 0 aromatic heterocycles. The Labute approximate surface area is 79.7 Å². The Morgan fingerprint density at radius 3 is 2.69 bits per heavy atom. The Morgan fingerprint density at radius 2 is 2.23 bits per heavy atom. The Balaban J connectivity index is 2.23. The van der Waals surface area contributed by atoms with E-state index >= 15 is 0 Å². The number of fused-ring (bicyclic) bond motifs is 2. The number of methoxy groups -OCH3 is 1. The molecule has 13 heavy (non-hydrogen) atoms. The van der Waals surface area contributed by atoms with Crippen molar-refractivity contribution in [1.29, 1.82) is 0 Å². The summed E-state index contributed by atoms with van der Waals surface area (Å²) >= 11 is 0. The second-order valence-corrected chi connectivity index (χ2v) is 5.02. The molecule has 2 saturated carbocycles. The highest BCUT2D eigenvalue weighted by Crippen LogP contribution is 2.60. The predicted octanol–water partition coefficient (Wildman–Crippen LogP) is 2.23. The van der Waals surface area contributed by atoms with Crippen LogP contribution in [0.15, 0.2) is 0 Å². The van der Waals surface area contributed by atoms with Gasteiger partial charge in [0.15, 0.2) is 0 Å². The van der Waals surface area contributed by atoms with Crippen molar-refractivity contribution in [3.8, 4) is 0 Å². The Bertz CT molecular complexity index is 236. The van der Waals surface area contributed by atoms with Gasteiger partial charge in [-0.15, -0.1) is 0 Å². The summed E-state index contributed by atoms with van der Waals surface area (Å²) in [6.07, 6.45) is 3.75. The number of ether oxygens (including phenoxy) is 1. The Kier molecular flexibility index (Phi) is 1.90. The molecule has 2 nitrogen and oxygen atoms in total. The number of carbonyl (C=O) groups excluding carboxylic acids is 1. The van der Waals surface area contributed by atoms with Crippen LogP contribution in [0.4, 0.5) is 0 Å².